The summed E-state index contributed by atoms with van der Waals surface area (Å²) in [5, 5.41) is 13.8. The lowest BCUT2D eigenvalue weighted by atomic mass is 9.97. The highest BCUT2D eigenvalue weighted by Crippen LogP contribution is 2.22. The average Bonchev–Trinajstić information content (AvgIpc) is 2.91. The topological polar surface area (TPSA) is 62.4 Å². The lowest BCUT2D eigenvalue weighted by molar-refractivity contribution is 0.0282. The van der Waals surface area contributed by atoms with Gasteiger partial charge in [0, 0.05) is 23.1 Å². The highest BCUT2D eigenvalue weighted by Gasteiger charge is 2.25. The number of aliphatic hydroxyl groups excluding tert-OH is 1. The number of nitrogens with zero attached hydrogens (tertiary/aromatic N) is 3. The van der Waals surface area contributed by atoms with Crippen LogP contribution in [0.1, 0.15) is 19.2 Å². The third kappa shape index (κ3) is 3.51. The Hall–Kier alpha value is -1.24. The molecule has 0 amide bonds. The smallest absolute Gasteiger partial charge is 0.241 e. The maximum absolute atomic E-state index is 9.76. The fourth-order valence-electron chi connectivity index (χ4n) is 2.62. The SMILES string of the molecule is CC1CN(Cc2nc(-c3cccc(Br)c3)no2)CCC1O. The largest absolute Gasteiger partial charge is 0.393 e. The van der Waals surface area contributed by atoms with Crippen molar-refractivity contribution in [1.82, 2.24) is 15.0 Å². The van der Waals surface area contributed by atoms with Gasteiger partial charge in [-0.25, -0.2) is 0 Å². The van der Waals surface area contributed by atoms with Gasteiger partial charge in [0.1, 0.15) is 0 Å². The minimum absolute atomic E-state index is 0.193. The van der Waals surface area contributed by atoms with Crippen LogP contribution in [0, 0.1) is 5.92 Å². The van der Waals surface area contributed by atoms with Crippen LogP contribution >= 0.6 is 15.9 Å². The predicted octanol–water partition coefficient (Wildman–Crippen LogP) is 2.70. The summed E-state index contributed by atoms with van der Waals surface area (Å²) in [5.41, 5.74) is 0.932. The van der Waals surface area contributed by atoms with Gasteiger partial charge in [-0.05, 0) is 24.5 Å². The first-order valence-electron chi connectivity index (χ1n) is 7.11. The molecule has 3 rings (SSSR count). The first-order valence-corrected chi connectivity index (χ1v) is 7.90. The lowest BCUT2D eigenvalue weighted by Gasteiger charge is -2.33. The molecule has 1 N–H and O–H groups in total. The van der Waals surface area contributed by atoms with Crippen molar-refractivity contribution in [2.75, 3.05) is 13.1 Å². The summed E-state index contributed by atoms with van der Waals surface area (Å²) >= 11 is 3.44. The van der Waals surface area contributed by atoms with E-state index < -0.39 is 0 Å². The number of hydrogen-bond donors (Lipinski definition) is 1. The fraction of sp³-hybridized carbons (Fsp3) is 0.467. The zero-order valence-electron chi connectivity index (χ0n) is 11.9. The number of aromatic nitrogens is 2. The van der Waals surface area contributed by atoms with Crippen LogP contribution in [-0.4, -0.2) is 39.3 Å². The number of rotatable bonds is 3. The normalized spacial score (nSPS) is 23.4. The Bertz CT molecular complexity index is 616. The first-order chi connectivity index (χ1) is 10.1. The van der Waals surface area contributed by atoms with Crippen molar-refractivity contribution < 1.29 is 9.63 Å². The van der Waals surface area contributed by atoms with Crippen LogP contribution in [0.5, 0.6) is 0 Å². The van der Waals surface area contributed by atoms with E-state index in [2.05, 4.69) is 37.9 Å². The van der Waals surface area contributed by atoms with E-state index in [0.717, 1.165) is 29.5 Å². The molecule has 1 aromatic heterocycles. The zero-order valence-corrected chi connectivity index (χ0v) is 13.5. The minimum atomic E-state index is -0.193. The van der Waals surface area contributed by atoms with Crippen LogP contribution in [0.15, 0.2) is 33.3 Å². The van der Waals surface area contributed by atoms with Gasteiger partial charge in [0.25, 0.3) is 0 Å². The van der Waals surface area contributed by atoms with E-state index in [9.17, 15) is 5.11 Å². The lowest BCUT2D eigenvalue weighted by Crippen LogP contribution is -2.41. The van der Waals surface area contributed by atoms with Gasteiger partial charge in [0.2, 0.25) is 11.7 Å². The number of likely N-dealkylation sites (tertiary alicyclic amines) is 1. The maximum atomic E-state index is 9.76. The first kappa shape index (κ1) is 14.7. The molecule has 1 aliphatic heterocycles. The molecule has 1 aromatic carbocycles. The summed E-state index contributed by atoms with van der Waals surface area (Å²) in [4.78, 5) is 6.70. The Morgan fingerprint density at radius 1 is 1.48 bits per heavy atom. The quantitative estimate of drug-likeness (QED) is 0.920. The summed E-state index contributed by atoms with van der Waals surface area (Å²) in [6, 6.07) is 7.83. The Kier molecular flexibility index (Phi) is 4.37. The van der Waals surface area contributed by atoms with Crippen molar-refractivity contribution in [1.29, 1.82) is 0 Å². The van der Waals surface area contributed by atoms with Gasteiger partial charge in [0.15, 0.2) is 0 Å². The monoisotopic (exact) mass is 351 g/mol. The molecule has 0 bridgehead atoms. The molecular formula is C15H18BrN3O2. The van der Waals surface area contributed by atoms with Crippen molar-refractivity contribution in [3.8, 4) is 11.4 Å². The molecular weight excluding hydrogens is 334 g/mol. The second-order valence-corrected chi connectivity index (χ2v) is 6.51. The van der Waals surface area contributed by atoms with Crippen molar-refractivity contribution in [3.05, 3.63) is 34.6 Å². The van der Waals surface area contributed by atoms with Crippen molar-refractivity contribution in [3.63, 3.8) is 0 Å². The van der Waals surface area contributed by atoms with Crippen molar-refractivity contribution >= 4 is 15.9 Å². The summed E-state index contributed by atoms with van der Waals surface area (Å²) in [7, 11) is 0. The maximum Gasteiger partial charge on any atom is 0.241 e. The molecule has 2 atom stereocenters. The van der Waals surface area contributed by atoms with Crippen LogP contribution in [0.4, 0.5) is 0 Å². The fourth-order valence-corrected chi connectivity index (χ4v) is 3.02. The van der Waals surface area contributed by atoms with Crippen LogP contribution in [-0.2, 0) is 6.54 Å². The molecule has 2 heterocycles. The van der Waals surface area contributed by atoms with Gasteiger partial charge in [-0.1, -0.05) is 40.1 Å². The Balaban J connectivity index is 1.68. The van der Waals surface area contributed by atoms with Gasteiger partial charge in [-0.3, -0.25) is 4.90 Å². The molecule has 6 heteroatoms. The zero-order chi connectivity index (χ0) is 14.8. The minimum Gasteiger partial charge on any atom is -0.393 e. The number of piperidine rings is 1. The molecule has 21 heavy (non-hydrogen) atoms. The predicted molar refractivity (Wildman–Crippen MR) is 82.5 cm³/mol. The van der Waals surface area contributed by atoms with E-state index in [0.29, 0.717) is 18.3 Å². The Morgan fingerprint density at radius 2 is 2.33 bits per heavy atom. The standard InChI is InChI=1S/C15H18BrN3O2/c1-10-8-19(6-5-13(10)20)9-14-17-15(18-21-14)11-3-2-4-12(16)7-11/h2-4,7,10,13,20H,5-6,8-9H2,1H3. The van der Waals surface area contributed by atoms with Crippen LogP contribution in [0.25, 0.3) is 11.4 Å². The van der Waals surface area contributed by atoms with E-state index in [1.54, 1.807) is 0 Å². The van der Waals surface area contributed by atoms with Crippen LogP contribution in [0.3, 0.4) is 0 Å². The van der Waals surface area contributed by atoms with Crippen molar-refractivity contribution in [2.24, 2.45) is 5.92 Å². The average molecular weight is 352 g/mol. The molecule has 0 aliphatic carbocycles. The van der Waals surface area contributed by atoms with E-state index in [-0.39, 0.29) is 12.0 Å². The molecule has 1 saturated heterocycles. The Labute approximate surface area is 132 Å². The third-order valence-corrected chi connectivity index (χ3v) is 4.35. The molecule has 0 spiro atoms. The summed E-state index contributed by atoms with van der Waals surface area (Å²) < 4.78 is 6.33. The molecule has 5 nitrogen and oxygen atoms in total. The highest BCUT2D eigenvalue weighted by atomic mass is 79.9. The van der Waals surface area contributed by atoms with Gasteiger partial charge in [-0.15, -0.1) is 0 Å². The van der Waals surface area contributed by atoms with Crippen LogP contribution in [0.2, 0.25) is 0 Å². The van der Waals surface area contributed by atoms with Gasteiger partial charge in [-0.2, -0.15) is 4.98 Å². The third-order valence-electron chi connectivity index (χ3n) is 3.85. The molecule has 2 unspecified atom stereocenters. The Morgan fingerprint density at radius 3 is 3.10 bits per heavy atom. The summed E-state index contributed by atoms with van der Waals surface area (Å²) in [6.07, 6.45) is 0.606. The van der Waals surface area contributed by atoms with Gasteiger partial charge in [0.05, 0.1) is 12.6 Å². The molecule has 0 saturated carbocycles. The summed E-state index contributed by atoms with van der Waals surface area (Å²) in [6.45, 7) is 4.42. The molecule has 112 valence electrons. The summed E-state index contributed by atoms with van der Waals surface area (Å²) in [5.74, 6) is 1.51. The highest BCUT2D eigenvalue weighted by molar-refractivity contribution is 9.10. The molecule has 1 fully saturated rings. The van der Waals surface area contributed by atoms with E-state index in [1.807, 2.05) is 24.3 Å². The molecule has 0 radical (unpaired) electrons. The van der Waals surface area contributed by atoms with Crippen LogP contribution < -0.4 is 0 Å². The van der Waals surface area contributed by atoms with Crippen molar-refractivity contribution in [2.45, 2.75) is 26.0 Å². The van der Waals surface area contributed by atoms with E-state index in [4.69, 9.17) is 4.52 Å². The molecule has 2 aromatic rings. The van der Waals surface area contributed by atoms with E-state index >= 15 is 0 Å². The van der Waals surface area contributed by atoms with E-state index in [1.165, 1.54) is 0 Å². The number of benzene rings is 1. The number of aliphatic hydroxyl groups is 1. The number of hydrogen-bond acceptors (Lipinski definition) is 5. The van der Waals surface area contributed by atoms with Gasteiger partial charge < -0.3 is 9.63 Å². The number of halogens is 1. The van der Waals surface area contributed by atoms with Gasteiger partial charge >= 0.3 is 0 Å². The second kappa shape index (κ2) is 6.25. The second-order valence-electron chi connectivity index (χ2n) is 5.59. The molecule has 1 aliphatic rings.